The van der Waals surface area contributed by atoms with E-state index in [1.54, 1.807) is 0 Å². The van der Waals surface area contributed by atoms with Crippen LogP contribution in [0.2, 0.25) is 0 Å². The summed E-state index contributed by atoms with van der Waals surface area (Å²) in [5, 5.41) is 3.18. The van der Waals surface area contributed by atoms with Gasteiger partial charge in [0, 0.05) is 7.11 Å². The molecule has 12 heavy (non-hydrogen) atoms. The Bertz CT molecular complexity index is 95.8. The topological polar surface area (TPSA) is 21.3 Å². The highest BCUT2D eigenvalue weighted by Crippen LogP contribution is 2.12. The van der Waals surface area contributed by atoms with Gasteiger partial charge in [0.05, 0.1) is 6.10 Å². The molecule has 0 aromatic carbocycles. The van der Waals surface area contributed by atoms with Gasteiger partial charge in [-0.2, -0.15) is 0 Å². The highest BCUT2D eigenvalue weighted by Gasteiger charge is 2.14. The van der Waals surface area contributed by atoms with Gasteiger partial charge in [0.1, 0.15) is 0 Å². The second-order valence-corrected chi connectivity index (χ2v) is 3.45. The first-order valence-electron chi connectivity index (χ1n) is 4.93. The van der Waals surface area contributed by atoms with Gasteiger partial charge in [0.2, 0.25) is 0 Å². The van der Waals surface area contributed by atoms with Gasteiger partial charge in [-0.3, -0.25) is 0 Å². The van der Waals surface area contributed by atoms with Gasteiger partial charge in [-0.15, -0.1) is 0 Å². The van der Waals surface area contributed by atoms with Crippen molar-refractivity contribution in [3.8, 4) is 0 Å². The third kappa shape index (κ3) is 4.73. The lowest BCUT2D eigenvalue weighted by atomic mass is 9.99. The maximum absolute atomic E-state index is 5.43. The summed E-state index contributed by atoms with van der Waals surface area (Å²) < 4.78 is 5.43. The van der Waals surface area contributed by atoms with Crippen molar-refractivity contribution in [3.63, 3.8) is 0 Å². The first kappa shape index (κ1) is 11.9. The lowest BCUT2D eigenvalue weighted by Gasteiger charge is -2.22. The minimum atomic E-state index is 0.428. The zero-order chi connectivity index (χ0) is 9.40. The molecule has 0 aliphatic rings. The third-order valence-corrected chi connectivity index (χ3v) is 2.31. The molecule has 0 spiro atoms. The fourth-order valence-corrected chi connectivity index (χ4v) is 1.49. The molecule has 0 rings (SSSR count). The van der Waals surface area contributed by atoms with Crippen molar-refractivity contribution >= 4 is 0 Å². The van der Waals surface area contributed by atoms with Gasteiger partial charge >= 0.3 is 0 Å². The van der Waals surface area contributed by atoms with Crippen LogP contribution in [0.25, 0.3) is 0 Å². The molecule has 2 atom stereocenters. The molecule has 0 aromatic rings. The summed E-state index contributed by atoms with van der Waals surface area (Å²) in [6, 6.07) is 0. The van der Waals surface area contributed by atoms with Crippen molar-refractivity contribution in [2.75, 3.05) is 20.7 Å². The van der Waals surface area contributed by atoms with Crippen LogP contribution >= 0.6 is 0 Å². The fraction of sp³-hybridized carbons (Fsp3) is 1.00. The molecule has 74 valence electrons. The summed E-state index contributed by atoms with van der Waals surface area (Å²) in [5.41, 5.74) is 0. The number of ether oxygens (including phenoxy) is 1. The normalized spacial score (nSPS) is 16.0. The Kier molecular flexibility index (Phi) is 7.51. The second-order valence-electron chi connectivity index (χ2n) is 3.45. The predicted molar refractivity (Wildman–Crippen MR) is 53.4 cm³/mol. The molecule has 0 radical (unpaired) electrons. The van der Waals surface area contributed by atoms with E-state index < -0.39 is 0 Å². The van der Waals surface area contributed by atoms with Crippen molar-refractivity contribution in [1.29, 1.82) is 0 Å². The Morgan fingerprint density at radius 1 is 1.42 bits per heavy atom. The molecule has 0 aliphatic carbocycles. The molecule has 2 heteroatoms. The maximum Gasteiger partial charge on any atom is 0.0609 e. The largest absolute Gasteiger partial charge is 0.381 e. The highest BCUT2D eigenvalue weighted by atomic mass is 16.5. The average molecular weight is 173 g/mol. The fourth-order valence-electron chi connectivity index (χ4n) is 1.49. The standard InChI is InChI=1S/C10H23NO/c1-5-6-7-10(12-4)9(2)8-11-3/h9-11H,5-8H2,1-4H3/t9-,10-/m1/s1. The van der Waals surface area contributed by atoms with Crippen molar-refractivity contribution in [1.82, 2.24) is 5.32 Å². The van der Waals surface area contributed by atoms with Crippen LogP contribution in [0.5, 0.6) is 0 Å². The van der Waals surface area contributed by atoms with E-state index in [2.05, 4.69) is 19.2 Å². The molecule has 0 saturated carbocycles. The van der Waals surface area contributed by atoms with Crippen LogP contribution in [0, 0.1) is 5.92 Å². The van der Waals surface area contributed by atoms with Crippen molar-refractivity contribution in [2.24, 2.45) is 5.92 Å². The quantitative estimate of drug-likeness (QED) is 0.636. The summed E-state index contributed by atoms with van der Waals surface area (Å²) >= 11 is 0. The lowest BCUT2D eigenvalue weighted by molar-refractivity contribution is 0.0507. The van der Waals surface area contributed by atoms with Crippen LogP contribution in [0.4, 0.5) is 0 Å². The molecule has 0 aliphatic heterocycles. The summed E-state index contributed by atoms with van der Waals surface area (Å²) in [6.45, 7) is 5.50. The Balaban J connectivity index is 3.62. The van der Waals surface area contributed by atoms with Crippen molar-refractivity contribution < 1.29 is 4.74 Å². The molecule has 0 fully saturated rings. The molecule has 0 saturated heterocycles. The number of nitrogens with one attached hydrogen (secondary N) is 1. The van der Waals surface area contributed by atoms with E-state index in [9.17, 15) is 0 Å². The van der Waals surface area contributed by atoms with Gasteiger partial charge in [0.25, 0.3) is 0 Å². The van der Waals surface area contributed by atoms with Gasteiger partial charge in [-0.05, 0) is 25.9 Å². The highest BCUT2D eigenvalue weighted by molar-refractivity contribution is 4.67. The second kappa shape index (κ2) is 7.56. The van der Waals surface area contributed by atoms with Crippen LogP contribution in [0.1, 0.15) is 33.1 Å². The maximum atomic E-state index is 5.43. The number of hydrogen-bond donors (Lipinski definition) is 1. The smallest absolute Gasteiger partial charge is 0.0609 e. The van der Waals surface area contributed by atoms with Gasteiger partial charge in [0.15, 0.2) is 0 Å². The summed E-state index contributed by atoms with van der Waals surface area (Å²) in [5.74, 6) is 0.617. The first-order valence-corrected chi connectivity index (χ1v) is 4.93. The lowest BCUT2D eigenvalue weighted by Crippen LogP contribution is -2.28. The van der Waals surface area contributed by atoms with Crippen LogP contribution in [-0.2, 0) is 4.74 Å². The molecule has 0 bridgehead atoms. The number of rotatable bonds is 7. The Hall–Kier alpha value is -0.0800. The van der Waals surface area contributed by atoms with E-state index in [0.717, 1.165) is 6.54 Å². The molecule has 0 heterocycles. The van der Waals surface area contributed by atoms with E-state index in [0.29, 0.717) is 12.0 Å². The molecular formula is C10H23NO. The molecular weight excluding hydrogens is 150 g/mol. The molecule has 2 nitrogen and oxygen atoms in total. The van der Waals surface area contributed by atoms with Crippen LogP contribution < -0.4 is 5.32 Å². The van der Waals surface area contributed by atoms with Crippen molar-refractivity contribution in [2.45, 2.75) is 39.2 Å². The summed E-state index contributed by atoms with van der Waals surface area (Å²) in [7, 11) is 3.80. The van der Waals surface area contributed by atoms with E-state index >= 15 is 0 Å². The van der Waals surface area contributed by atoms with E-state index in [1.165, 1.54) is 19.3 Å². The Morgan fingerprint density at radius 2 is 2.08 bits per heavy atom. The number of hydrogen-bond acceptors (Lipinski definition) is 2. The molecule has 0 amide bonds. The minimum Gasteiger partial charge on any atom is -0.381 e. The van der Waals surface area contributed by atoms with Crippen LogP contribution in [-0.4, -0.2) is 26.8 Å². The van der Waals surface area contributed by atoms with Crippen molar-refractivity contribution in [3.05, 3.63) is 0 Å². The minimum absolute atomic E-state index is 0.428. The van der Waals surface area contributed by atoms with Gasteiger partial charge in [-0.1, -0.05) is 26.7 Å². The monoisotopic (exact) mass is 173 g/mol. The zero-order valence-corrected chi connectivity index (χ0v) is 8.89. The Morgan fingerprint density at radius 3 is 2.50 bits per heavy atom. The van der Waals surface area contributed by atoms with E-state index in [1.807, 2.05) is 14.2 Å². The molecule has 0 aromatic heterocycles. The average Bonchev–Trinajstić information content (AvgIpc) is 2.06. The van der Waals surface area contributed by atoms with Crippen LogP contribution in [0.15, 0.2) is 0 Å². The molecule has 0 unspecified atom stereocenters. The summed E-state index contributed by atoms with van der Waals surface area (Å²) in [6.07, 6.45) is 4.14. The van der Waals surface area contributed by atoms with Gasteiger partial charge in [-0.25, -0.2) is 0 Å². The Labute approximate surface area is 76.7 Å². The zero-order valence-electron chi connectivity index (χ0n) is 8.89. The van der Waals surface area contributed by atoms with E-state index in [4.69, 9.17) is 4.74 Å². The third-order valence-electron chi connectivity index (χ3n) is 2.31. The predicted octanol–water partition coefficient (Wildman–Crippen LogP) is 2.05. The van der Waals surface area contributed by atoms with E-state index in [-0.39, 0.29) is 0 Å². The van der Waals surface area contributed by atoms with Gasteiger partial charge < -0.3 is 10.1 Å². The number of unbranched alkanes of at least 4 members (excludes halogenated alkanes) is 1. The number of methoxy groups -OCH3 is 1. The summed E-state index contributed by atoms with van der Waals surface area (Å²) in [4.78, 5) is 0. The van der Waals surface area contributed by atoms with Crippen LogP contribution in [0.3, 0.4) is 0 Å². The SMILES string of the molecule is CCCC[C@@H](OC)[C@H](C)CNC. The first-order chi connectivity index (χ1) is 5.76. The molecule has 1 N–H and O–H groups in total.